The Labute approximate surface area is 114 Å². The van der Waals surface area contributed by atoms with Crippen LogP contribution in [-0.4, -0.2) is 20.6 Å². The third-order valence-electron chi connectivity index (χ3n) is 3.24. The largest absolute Gasteiger partial charge is 0.439 e. The molecule has 1 heterocycles. The molecule has 1 aromatic heterocycles. The molecule has 0 saturated heterocycles. The minimum atomic E-state index is 0.731. The van der Waals surface area contributed by atoms with Crippen molar-refractivity contribution < 1.29 is 4.42 Å². The third-order valence-corrected chi connectivity index (χ3v) is 3.24. The van der Waals surface area contributed by atoms with Crippen molar-refractivity contribution in [1.82, 2.24) is 0 Å². The van der Waals surface area contributed by atoms with Crippen LogP contribution in [0.3, 0.4) is 0 Å². The first-order chi connectivity index (χ1) is 9.11. The lowest BCUT2D eigenvalue weighted by atomic mass is 10.1. The highest BCUT2D eigenvalue weighted by Crippen LogP contribution is 2.21. The number of unbranched alkanes of at least 4 members (excludes halogenated alkanes) is 1. The van der Waals surface area contributed by atoms with Crippen LogP contribution in [-0.2, 0) is 0 Å². The molecular weight excluding hydrogens is 236 g/mol. The van der Waals surface area contributed by atoms with Crippen molar-refractivity contribution in [2.45, 2.75) is 26.7 Å². The van der Waals surface area contributed by atoms with Crippen LogP contribution < -0.4 is 10.5 Å². The molecule has 0 saturated carbocycles. The first-order valence-corrected chi connectivity index (χ1v) is 6.84. The van der Waals surface area contributed by atoms with E-state index in [0.29, 0.717) is 0 Å². The van der Waals surface area contributed by atoms with Gasteiger partial charge < -0.3 is 9.32 Å². The van der Waals surface area contributed by atoms with Crippen LogP contribution in [0.15, 0.2) is 33.7 Å². The lowest BCUT2D eigenvalue weighted by molar-refractivity contribution is 0.531. The molecule has 0 radical (unpaired) electrons. The lowest BCUT2D eigenvalue weighted by Gasteiger charge is -2.13. The summed E-state index contributed by atoms with van der Waals surface area (Å²) in [4.78, 5) is 6.58. The molecule has 0 bridgehead atoms. The summed E-state index contributed by atoms with van der Waals surface area (Å²) in [5.74, 6) is 0. The Kier molecular flexibility index (Phi) is 4.25. The zero-order valence-corrected chi connectivity index (χ0v) is 12.2. The van der Waals surface area contributed by atoms with Gasteiger partial charge in [-0.15, -0.1) is 0 Å². The zero-order chi connectivity index (χ0) is 13.8. The summed E-state index contributed by atoms with van der Waals surface area (Å²) in [6.07, 6.45) is 2.26. The highest BCUT2D eigenvalue weighted by Gasteiger charge is 2.03. The number of hydrogen-bond acceptors (Lipinski definition) is 3. The van der Waals surface area contributed by atoms with Gasteiger partial charge in [-0.2, -0.15) is 0 Å². The van der Waals surface area contributed by atoms with Crippen LogP contribution in [0.4, 0.5) is 5.69 Å². The summed E-state index contributed by atoms with van der Waals surface area (Å²) in [5, 5.41) is 1.15. The van der Waals surface area contributed by atoms with E-state index < -0.39 is 0 Å². The number of benzene rings is 1. The first-order valence-electron chi connectivity index (χ1n) is 6.84. The Hall–Kier alpha value is -1.77. The maximum absolute atomic E-state index is 5.89. The molecule has 0 unspecified atom stereocenters. The molecule has 0 N–H and O–H groups in total. The zero-order valence-electron chi connectivity index (χ0n) is 12.2. The van der Waals surface area contributed by atoms with E-state index in [9.17, 15) is 0 Å². The molecule has 2 rings (SSSR count). The summed E-state index contributed by atoms with van der Waals surface area (Å²) >= 11 is 0. The van der Waals surface area contributed by atoms with Gasteiger partial charge in [0.1, 0.15) is 5.58 Å². The van der Waals surface area contributed by atoms with Gasteiger partial charge in [-0.25, -0.2) is 0 Å². The van der Waals surface area contributed by atoms with E-state index in [2.05, 4.69) is 41.9 Å². The predicted octanol–water partition coefficient (Wildman–Crippen LogP) is 3.51. The Bertz CT molecular complexity index is 626. The third kappa shape index (κ3) is 3.16. The van der Waals surface area contributed by atoms with Crippen molar-refractivity contribution in [3.8, 4) is 0 Å². The van der Waals surface area contributed by atoms with Crippen LogP contribution in [0.25, 0.3) is 11.0 Å². The van der Waals surface area contributed by atoms with Crippen molar-refractivity contribution in [2.24, 2.45) is 4.99 Å². The minimum Gasteiger partial charge on any atom is -0.439 e. The molecule has 0 amide bonds. The standard InChI is InChI=1S/C16H22N2O/c1-5-6-9-17-16-10-12(2)14-8-7-13(18(3)4)11-15(14)19-16/h7-8,10-11H,5-6,9H2,1-4H3. The van der Waals surface area contributed by atoms with Crippen LogP contribution >= 0.6 is 0 Å². The van der Waals surface area contributed by atoms with Crippen LogP contribution in [0.2, 0.25) is 0 Å². The second-order valence-electron chi connectivity index (χ2n) is 5.08. The van der Waals surface area contributed by atoms with E-state index in [0.717, 1.165) is 41.6 Å². The smallest absolute Gasteiger partial charge is 0.214 e. The van der Waals surface area contributed by atoms with Crippen LogP contribution in [0.1, 0.15) is 25.3 Å². The minimum absolute atomic E-state index is 0.731. The summed E-state index contributed by atoms with van der Waals surface area (Å²) in [6.45, 7) is 5.10. The van der Waals surface area contributed by atoms with E-state index in [1.54, 1.807) is 0 Å². The molecule has 2 aromatic rings. The molecule has 1 aromatic carbocycles. The van der Waals surface area contributed by atoms with E-state index in [1.165, 1.54) is 5.56 Å². The Morgan fingerprint density at radius 2 is 2.00 bits per heavy atom. The first kappa shape index (κ1) is 13.7. The molecule has 0 fully saturated rings. The summed E-state index contributed by atoms with van der Waals surface area (Å²) in [6, 6.07) is 8.31. The maximum Gasteiger partial charge on any atom is 0.214 e. The molecule has 0 spiro atoms. The molecule has 3 nitrogen and oxygen atoms in total. The summed E-state index contributed by atoms with van der Waals surface area (Å²) in [7, 11) is 4.06. The lowest BCUT2D eigenvalue weighted by Crippen LogP contribution is -2.09. The van der Waals surface area contributed by atoms with E-state index in [4.69, 9.17) is 4.42 Å². The van der Waals surface area contributed by atoms with Gasteiger partial charge in [-0.1, -0.05) is 13.3 Å². The Balaban J connectivity index is 2.50. The number of nitrogens with zero attached hydrogens (tertiary/aromatic N) is 2. The number of aryl methyl sites for hydroxylation is 1. The molecule has 19 heavy (non-hydrogen) atoms. The summed E-state index contributed by atoms with van der Waals surface area (Å²) in [5.41, 5.74) is 3.99. The normalized spacial score (nSPS) is 12.1. The van der Waals surface area contributed by atoms with E-state index in [-0.39, 0.29) is 0 Å². The van der Waals surface area contributed by atoms with Gasteiger partial charge in [0.05, 0.1) is 0 Å². The molecule has 0 aliphatic carbocycles. The van der Waals surface area contributed by atoms with Crippen molar-refractivity contribution in [1.29, 1.82) is 0 Å². The van der Waals surface area contributed by atoms with Gasteiger partial charge in [-0.05, 0) is 31.0 Å². The molecular formula is C16H22N2O. The average molecular weight is 258 g/mol. The van der Waals surface area contributed by atoms with Crippen molar-refractivity contribution in [2.75, 3.05) is 25.5 Å². The topological polar surface area (TPSA) is 28.7 Å². The molecule has 3 heteroatoms. The van der Waals surface area contributed by atoms with Gasteiger partial charge in [0.15, 0.2) is 0 Å². The fraction of sp³-hybridized carbons (Fsp3) is 0.438. The molecule has 0 atom stereocenters. The Morgan fingerprint density at radius 1 is 1.21 bits per heavy atom. The number of fused-ring (bicyclic) bond motifs is 1. The molecule has 0 aliphatic heterocycles. The Morgan fingerprint density at radius 3 is 2.68 bits per heavy atom. The molecule has 0 aliphatic rings. The summed E-state index contributed by atoms with van der Waals surface area (Å²) < 4.78 is 5.89. The average Bonchev–Trinajstić information content (AvgIpc) is 2.38. The van der Waals surface area contributed by atoms with Crippen LogP contribution in [0.5, 0.6) is 0 Å². The van der Waals surface area contributed by atoms with Crippen LogP contribution in [0, 0.1) is 6.92 Å². The van der Waals surface area contributed by atoms with Crippen molar-refractivity contribution >= 4 is 16.7 Å². The SMILES string of the molecule is CCCCN=c1cc(C)c2ccc(N(C)C)cc2o1. The van der Waals surface area contributed by atoms with E-state index in [1.807, 2.05) is 20.2 Å². The van der Waals surface area contributed by atoms with Gasteiger partial charge in [0.2, 0.25) is 5.55 Å². The highest BCUT2D eigenvalue weighted by molar-refractivity contribution is 5.83. The van der Waals surface area contributed by atoms with E-state index >= 15 is 0 Å². The quantitative estimate of drug-likeness (QED) is 0.785. The van der Waals surface area contributed by atoms with Gasteiger partial charge >= 0.3 is 0 Å². The monoisotopic (exact) mass is 258 g/mol. The molecule has 102 valence electrons. The van der Waals surface area contributed by atoms with Crippen molar-refractivity contribution in [3.05, 3.63) is 35.4 Å². The van der Waals surface area contributed by atoms with Gasteiger partial charge in [0, 0.05) is 43.8 Å². The van der Waals surface area contributed by atoms with Gasteiger partial charge in [0.25, 0.3) is 0 Å². The number of anilines is 1. The second-order valence-corrected chi connectivity index (χ2v) is 5.08. The second kappa shape index (κ2) is 5.91. The fourth-order valence-electron chi connectivity index (χ4n) is 2.03. The van der Waals surface area contributed by atoms with Gasteiger partial charge in [-0.3, -0.25) is 4.99 Å². The maximum atomic E-state index is 5.89. The highest BCUT2D eigenvalue weighted by atomic mass is 16.3. The fourth-order valence-corrected chi connectivity index (χ4v) is 2.03. The van der Waals surface area contributed by atoms with Crippen molar-refractivity contribution in [3.63, 3.8) is 0 Å². The predicted molar refractivity (Wildman–Crippen MR) is 80.6 cm³/mol. The number of rotatable bonds is 4. The number of hydrogen-bond donors (Lipinski definition) is 0.